The van der Waals surface area contributed by atoms with Crippen LogP contribution < -0.4 is 11.5 Å². The summed E-state index contributed by atoms with van der Waals surface area (Å²) in [7, 11) is 2.03. The molecule has 1 aromatic rings. The van der Waals surface area contributed by atoms with Crippen LogP contribution in [0.3, 0.4) is 0 Å². The Kier molecular flexibility index (Phi) is 4.22. The van der Waals surface area contributed by atoms with Crippen molar-refractivity contribution in [2.24, 2.45) is 11.5 Å². The highest BCUT2D eigenvalue weighted by Crippen LogP contribution is 2.26. The summed E-state index contributed by atoms with van der Waals surface area (Å²) in [4.78, 5) is 14.0. The van der Waals surface area contributed by atoms with Gasteiger partial charge in [-0.25, -0.2) is 0 Å². The lowest BCUT2D eigenvalue weighted by molar-refractivity contribution is -0.124. The number of primary amides is 1. The van der Waals surface area contributed by atoms with Crippen molar-refractivity contribution in [1.82, 2.24) is 4.90 Å². The first-order valence-electron chi connectivity index (χ1n) is 6.88. The molecular weight excluding hydrogens is 238 g/mol. The van der Waals surface area contributed by atoms with Gasteiger partial charge >= 0.3 is 0 Å². The van der Waals surface area contributed by atoms with Gasteiger partial charge in [-0.1, -0.05) is 43.2 Å². The summed E-state index contributed by atoms with van der Waals surface area (Å²) in [6.45, 7) is 0.469. The van der Waals surface area contributed by atoms with Crippen molar-refractivity contribution in [3.63, 3.8) is 0 Å². The van der Waals surface area contributed by atoms with Gasteiger partial charge in [0, 0.05) is 12.6 Å². The number of rotatable bonds is 5. The van der Waals surface area contributed by atoms with Gasteiger partial charge in [0.1, 0.15) is 5.54 Å². The molecule has 0 aliphatic heterocycles. The molecule has 4 N–H and O–H groups in total. The maximum atomic E-state index is 11.8. The lowest BCUT2D eigenvalue weighted by Gasteiger charge is -2.34. The fourth-order valence-electron chi connectivity index (χ4n) is 2.91. The summed E-state index contributed by atoms with van der Waals surface area (Å²) >= 11 is 0. The SMILES string of the molecule is CN(CC(N)(C(N)=O)c1ccccc1)C1CCCC1. The number of carbonyl (C=O) groups excluding carboxylic acids is 1. The van der Waals surface area contributed by atoms with E-state index in [1.54, 1.807) is 0 Å². The first kappa shape index (κ1) is 14.0. The average Bonchev–Trinajstić information content (AvgIpc) is 2.93. The zero-order chi connectivity index (χ0) is 13.9. The molecule has 0 aromatic heterocycles. The molecule has 1 aromatic carbocycles. The summed E-state index contributed by atoms with van der Waals surface area (Å²) < 4.78 is 0. The Balaban J connectivity index is 2.18. The minimum absolute atomic E-state index is 0.469. The van der Waals surface area contributed by atoms with Crippen LogP contribution in [0.15, 0.2) is 30.3 Å². The Labute approximate surface area is 114 Å². The first-order valence-corrected chi connectivity index (χ1v) is 6.88. The summed E-state index contributed by atoms with van der Waals surface area (Å²) in [6, 6.07) is 9.93. The van der Waals surface area contributed by atoms with Crippen molar-refractivity contribution >= 4 is 5.91 Å². The molecule has 104 valence electrons. The molecule has 0 spiro atoms. The van der Waals surface area contributed by atoms with Gasteiger partial charge in [0.2, 0.25) is 5.91 Å². The molecule has 0 radical (unpaired) electrons. The zero-order valence-corrected chi connectivity index (χ0v) is 11.5. The van der Waals surface area contributed by atoms with Gasteiger partial charge in [-0.3, -0.25) is 4.79 Å². The Hall–Kier alpha value is -1.39. The third kappa shape index (κ3) is 2.96. The van der Waals surface area contributed by atoms with E-state index in [1.807, 2.05) is 37.4 Å². The number of amides is 1. The van der Waals surface area contributed by atoms with Gasteiger partial charge < -0.3 is 16.4 Å². The van der Waals surface area contributed by atoms with Crippen LogP contribution in [0, 0.1) is 0 Å². The number of hydrogen-bond acceptors (Lipinski definition) is 3. The van der Waals surface area contributed by atoms with Gasteiger partial charge in [0.15, 0.2) is 0 Å². The average molecular weight is 261 g/mol. The number of benzene rings is 1. The van der Waals surface area contributed by atoms with Crippen LogP contribution in [-0.4, -0.2) is 30.4 Å². The van der Waals surface area contributed by atoms with Crippen LogP contribution in [0.5, 0.6) is 0 Å². The van der Waals surface area contributed by atoms with Crippen molar-refractivity contribution in [2.75, 3.05) is 13.6 Å². The van der Waals surface area contributed by atoms with Crippen molar-refractivity contribution in [3.05, 3.63) is 35.9 Å². The molecule has 4 heteroatoms. The van der Waals surface area contributed by atoms with E-state index in [2.05, 4.69) is 4.90 Å². The minimum atomic E-state index is -1.11. The molecule has 1 aliphatic rings. The monoisotopic (exact) mass is 261 g/mol. The molecule has 4 nitrogen and oxygen atoms in total. The van der Waals surface area contributed by atoms with Gasteiger partial charge in [-0.15, -0.1) is 0 Å². The predicted molar refractivity (Wildman–Crippen MR) is 76.4 cm³/mol. The largest absolute Gasteiger partial charge is 0.368 e. The van der Waals surface area contributed by atoms with Crippen LogP contribution in [0.25, 0.3) is 0 Å². The van der Waals surface area contributed by atoms with E-state index in [9.17, 15) is 4.79 Å². The lowest BCUT2D eigenvalue weighted by atomic mass is 9.89. The maximum Gasteiger partial charge on any atom is 0.243 e. The van der Waals surface area contributed by atoms with Crippen LogP contribution in [-0.2, 0) is 10.3 Å². The predicted octanol–water partition coefficient (Wildman–Crippen LogP) is 1.20. The van der Waals surface area contributed by atoms with Gasteiger partial charge in [0.25, 0.3) is 0 Å². The van der Waals surface area contributed by atoms with Crippen LogP contribution in [0.1, 0.15) is 31.2 Å². The molecule has 1 fully saturated rings. The molecule has 1 atom stereocenters. The number of carbonyl (C=O) groups is 1. The van der Waals surface area contributed by atoms with E-state index in [-0.39, 0.29) is 0 Å². The standard InChI is InChI=1S/C15H23N3O/c1-18(13-9-5-6-10-13)11-15(17,14(16)19)12-7-3-2-4-8-12/h2-4,7-8,13H,5-6,9-11,17H2,1H3,(H2,16,19). The first-order chi connectivity index (χ1) is 9.04. The van der Waals surface area contributed by atoms with E-state index in [1.165, 1.54) is 25.7 Å². The maximum absolute atomic E-state index is 11.8. The fourth-order valence-corrected chi connectivity index (χ4v) is 2.91. The highest BCUT2D eigenvalue weighted by Gasteiger charge is 2.37. The molecule has 1 saturated carbocycles. The van der Waals surface area contributed by atoms with Crippen molar-refractivity contribution in [2.45, 2.75) is 37.3 Å². The Morgan fingerprint density at radius 3 is 2.42 bits per heavy atom. The summed E-state index contributed by atoms with van der Waals surface area (Å²) in [5.74, 6) is -0.469. The second kappa shape index (κ2) is 5.72. The van der Waals surface area contributed by atoms with Crippen LogP contribution >= 0.6 is 0 Å². The topological polar surface area (TPSA) is 72.3 Å². The smallest absolute Gasteiger partial charge is 0.243 e. The van der Waals surface area contributed by atoms with Gasteiger partial charge in [-0.05, 0) is 25.5 Å². The summed E-state index contributed by atoms with van der Waals surface area (Å²) in [5, 5.41) is 0. The van der Waals surface area contributed by atoms with E-state index < -0.39 is 11.4 Å². The molecule has 1 unspecified atom stereocenters. The summed E-state index contributed by atoms with van der Waals surface area (Å²) in [5.41, 5.74) is 11.5. The molecule has 0 saturated heterocycles. The molecule has 1 aliphatic carbocycles. The molecular formula is C15H23N3O. The quantitative estimate of drug-likeness (QED) is 0.836. The van der Waals surface area contributed by atoms with Crippen molar-refractivity contribution < 1.29 is 4.79 Å². The highest BCUT2D eigenvalue weighted by molar-refractivity contribution is 5.86. The third-order valence-electron chi connectivity index (χ3n) is 4.18. The normalized spacial score (nSPS) is 19.5. The van der Waals surface area contributed by atoms with E-state index in [0.717, 1.165) is 5.56 Å². The van der Waals surface area contributed by atoms with Crippen molar-refractivity contribution in [3.8, 4) is 0 Å². The number of likely N-dealkylation sites (N-methyl/N-ethyl adjacent to an activating group) is 1. The Morgan fingerprint density at radius 1 is 1.32 bits per heavy atom. The molecule has 2 rings (SSSR count). The second-order valence-corrected chi connectivity index (χ2v) is 5.56. The third-order valence-corrected chi connectivity index (χ3v) is 4.18. The second-order valence-electron chi connectivity index (χ2n) is 5.56. The van der Waals surface area contributed by atoms with E-state index in [0.29, 0.717) is 12.6 Å². The molecule has 1 amide bonds. The van der Waals surface area contributed by atoms with Crippen LogP contribution in [0.4, 0.5) is 0 Å². The van der Waals surface area contributed by atoms with E-state index in [4.69, 9.17) is 11.5 Å². The number of nitrogens with zero attached hydrogens (tertiary/aromatic N) is 1. The van der Waals surface area contributed by atoms with E-state index >= 15 is 0 Å². The zero-order valence-electron chi connectivity index (χ0n) is 11.5. The molecule has 19 heavy (non-hydrogen) atoms. The number of nitrogens with two attached hydrogens (primary N) is 2. The highest BCUT2D eigenvalue weighted by atomic mass is 16.1. The van der Waals surface area contributed by atoms with Crippen molar-refractivity contribution in [1.29, 1.82) is 0 Å². The van der Waals surface area contributed by atoms with Gasteiger partial charge in [-0.2, -0.15) is 0 Å². The Morgan fingerprint density at radius 2 is 1.89 bits per heavy atom. The van der Waals surface area contributed by atoms with Crippen LogP contribution in [0.2, 0.25) is 0 Å². The summed E-state index contributed by atoms with van der Waals surface area (Å²) in [6.07, 6.45) is 4.88. The lowest BCUT2D eigenvalue weighted by Crippen LogP contribution is -2.56. The fraction of sp³-hybridized carbons (Fsp3) is 0.533. The van der Waals surface area contributed by atoms with Gasteiger partial charge in [0.05, 0.1) is 0 Å². The Bertz CT molecular complexity index is 428. The molecule has 0 heterocycles. The minimum Gasteiger partial charge on any atom is -0.368 e. The number of hydrogen-bond donors (Lipinski definition) is 2. The molecule has 0 bridgehead atoms.